The molecule has 0 aliphatic heterocycles. The summed E-state index contributed by atoms with van der Waals surface area (Å²) in [6, 6.07) is 2.08. The van der Waals surface area contributed by atoms with Crippen molar-refractivity contribution in [3.63, 3.8) is 0 Å². The summed E-state index contributed by atoms with van der Waals surface area (Å²) in [7, 11) is 2.98. The van der Waals surface area contributed by atoms with Crippen molar-refractivity contribution < 1.29 is 4.74 Å². The highest BCUT2D eigenvalue weighted by Gasteiger charge is 2.57. The first-order chi connectivity index (χ1) is 11.5. The van der Waals surface area contributed by atoms with Crippen molar-refractivity contribution in [1.29, 1.82) is 5.26 Å². The molecule has 1 aromatic rings. The van der Waals surface area contributed by atoms with E-state index in [0.29, 0.717) is 12.4 Å². The summed E-state index contributed by atoms with van der Waals surface area (Å²) in [4.78, 5) is 24.4. The van der Waals surface area contributed by atoms with E-state index in [0.717, 1.165) is 23.8 Å². The predicted octanol–water partition coefficient (Wildman–Crippen LogP) is 1.11. The fraction of sp³-hybridized carbons (Fsp3) is 0.706. The standard InChI is InChI=1S/C17H24N4O3/c1-4-24-13-9-12(17(13)7-5-6-8-17)19-14-11(10-18)15(22)21(3)16(23)20(14)2/h12-13,19H,4-9H2,1-3H3/t12-,13+/m1/s1. The van der Waals surface area contributed by atoms with E-state index < -0.39 is 11.2 Å². The van der Waals surface area contributed by atoms with Crippen LogP contribution in [0, 0.1) is 16.7 Å². The van der Waals surface area contributed by atoms with Crippen LogP contribution in [-0.2, 0) is 18.8 Å². The third-order valence-corrected chi connectivity index (χ3v) is 5.77. The maximum Gasteiger partial charge on any atom is 0.332 e. The minimum absolute atomic E-state index is 0.00685. The largest absolute Gasteiger partial charge is 0.378 e. The van der Waals surface area contributed by atoms with Crippen molar-refractivity contribution in [3.05, 3.63) is 26.4 Å². The Balaban J connectivity index is 1.97. The van der Waals surface area contributed by atoms with E-state index in [1.807, 2.05) is 13.0 Å². The second-order valence-electron chi connectivity index (χ2n) is 6.86. The molecule has 1 aromatic heterocycles. The SMILES string of the molecule is CCO[C@H]1C[C@@H](Nc2c(C#N)c(=O)n(C)c(=O)n2C)C12CCCC2. The normalized spacial score (nSPS) is 24.6. The smallest absolute Gasteiger partial charge is 0.332 e. The molecule has 3 rings (SSSR count). The van der Waals surface area contributed by atoms with E-state index in [1.165, 1.54) is 24.5 Å². The Hall–Kier alpha value is -2.07. The number of nitrogens with zero attached hydrogens (tertiary/aromatic N) is 3. The molecule has 0 aromatic carbocycles. The minimum Gasteiger partial charge on any atom is -0.378 e. The first-order valence-corrected chi connectivity index (χ1v) is 8.54. The lowest BCUT2D eigenvalue weighted by Gasteiger charge is -2.54. The number of nitriles is 1. The summed E-state index contributed by atoms with van der Waals surface area (Å²) in [5, 5.41) is 12.7. The molecule has 1 N–H and O–H groups in total. The van der Waals surface area contributed by atoms with E-state index in [9.17, 15) is 14.9 Å². The highest BCUT2D eigenvalue weighted by Crippen LogP contribution is 2.55. The predicted molar refractivity (Wildman–Crippen MR) is 90.0 cm³/mol. The first-order valence-electron chi connectivity index (χ1n) is 8.54. The van der Waals surface area contributed by atoms with Gasteiger partial charge in [0.15, 0.2) is 5.56 Å². The topological polar surface area (TPSA) is 89.1 Å². The van der Waals surface area contributed by atoms with E-state index >= 15 is 0 Å². The number of hydrogen-bond acceptors (Lipinski definition) is 5. The lowest BCUT2D eigenvalue weighted by Crippen LogP contribution is -2.60. The molecule has 7 heteroatoms. The van der Waals surface area contributed by atoms with Crippen molar-refractivity contribution in [3.8, 4) is 6.07 Å². The van der Waals surface area contributed by atoms with Crippen molar-refractivity contribution in [2.24, 2.45) is 19.5 Å². The third kappa shape index (κ3) is 2.28. The Labute approximate surface area is 140 Å². The van der Waals surface area contributed by atoms with Crippen LogP contribution in [-0.4, -0.2) is 27.9 Å². The van der Waals surface area contributed by atoms with Crippen molar-refractivity contribution >= 4 is 5.82 Å². The Morgan fingerprint density at radius 2 is 1.96 bits per heavy atom. The van der Waals surface area contributed by atoms with E-state index in [-0.39, 0.29) is 23.1 Å². The first kappa shape index (κ1) is 16.8. The Bertz CT molecular complexity index is 796. The zero-order chi connectivity index (χ0) is 17.5. The Morgan fingerprint density at radius 3 is 2.54 bits per heavy atom. The molecule has 2 fully saturated rings. The van der Waals surface area contributed by atoms with Crippen molar-refractivity contribution in [1.82, 2.24) is 9.13 Å². The number of ether oxygens (including phenoxy) is 1. The monoisotopic (exact) mass is 332 g/mol. The van der Waals surface area contributed by atoms with Gasteiger partial charge in [0, 0.05) is 32.2 Å². The molecule has 24 heavy (non-hydrogen) atoms. The fourth-order valence-corrected chi connectivity index (χ4v) is 4.37. The lowest BCUT2D eigenvalue weighted by atomic mass is 9.60. The summed E-state index contributed by atoms with van der Waals surface area (Å²) >= 11 is 0. The molecule has 0 saturated heterocycles. The van der Waals surface area contributed by atoms with Gasteiger partial charge in [0.05, 0.1) is 6.10 Å². The molecular formula is C17H24N4O3. The van der Waals surface area contributed by atoms with Crippen molar-refractivity contribution in [2.75, 3.05) is 11.9 Å². The molecule has 2 aliphatic carbocycles. The second kappa shape index (κ2) is 6.10. The minimum atomic E-state index is -0.552. The highest BCUT2D eigenvalue weighted by atomic mass is 16.5. The number of rotatable bonds is 4. The maximum atomic E-state index is 12.2. The summed E-state index contributed by atoms with van der Waals surface area (Å²) < 4.78 is 8.23. The van der Waals surface area contributed by atoms with Gasteiger partial charge in [-0.1, -0.05) is 12.8 Å². The number of aromatic nitrogens is 2. The van der Waals surface area contributed by atoms with Crippen LogP contribution in [0.1, 0.15) is 44.6 Å². The highest BCUT2D eigenvalue weighted by molar-refractivity contribution is 5.52. The zero-order valence-electron chi connectivity index (χ0n) is 14.5. The van der Waals surface area contributed by atoms with Crippen LogP contribution in [0.3, 0.4) is 0 Å². The van der Waals surface area contributed by atoms with E-state index in [4.69, 9.17) is 4.74 Å². The number of anilines is 1. The molecule has 2 atom stereocenters. The van der Waals surface area contributed by atoms with Crippen LogP contribution in [0.2, 0.25) is 0 Å². The molecule has 0 radical (unpaired) electrons. The fourth-order valence-electron chi connectivity index (χ4n) is 4.37. The molecule has 7 nitrogen and oxygen atoms in total. The Kier molecular flexibility index (Phi) is 4.26. The Morgan fingerprint density at radius 1 is 1.29 bits per heavy atom. The quantitative estimate of drug-likeness (QED) is 0.892. The van der Waals surface area contributed by atoms with Gasteiger partial charge in [0.25, 0.3) is 5.56 Å². The summed E-state index contributed by atoms with van der Waals surface area (Å²) in [5.41, 5.74) is -0.931. The van der Waals surface area contributed by atoms with Gasteiger partial charge in [-0.25, -0.2) is 4.79 Å². The molecule has 2 saturated carbocycles. The molecule has 0 unspecified atom stereocenters. The summed E-state index contributed by atoms with van der Waals surface area (Å²) in [6.07, 6.45) is 5.55. The summed E-state index contributed by atoms with van der Waals surface area (Å²) in [5.74, 6) is 0.330. The van der Waals surface area contributed by atoms with Gasteiger partial charge in [-0.15, -0.1) is 0 Å². The number of nitrogens with one attached hydrogen (secondary N) is 1. The van der Waals surface area contributed by atoms with Crippen molar-refractivity contribution in [2.45, 2.75) is 51.2 Å². The second-order valence-corrected chi connectivity index (χ2v) is 6.86. The van der Waals surface area contributed by atoms with Gasteiger partial charge in [-0.3, -0.25) is 13.9 Å². The molecule has 0 bridgehead atoms. The molecular weight excluding hydrogens is 308 g/mol. The third-order valence-electron chi connectivity index (χ3n) is 5.77. The van der Waals surface area contributed by atoms with Crippen LogP contribution in [0.5, 0.6) is 0 Å². The van der Waals surface area contributed by atoms with Crippen LogP contribution in [0.25, 0.3) is 0 Å². The van der Waals surface area contributed by atoms with E-state index in [2.05, 4.69) is 5.32 Å². The molecule has 1 heterocycles. The average Bonchev–Trinajstić information content (AvgIpc) is 3.09. The van der Waals surface area contributed by atoms with Gasteiger partial charge < -0.3 is 10.1 Å². The molecule has 130 valence electrons. The molecule has 1 spiro atoms. The lowest BCUT2D eigenvalue weighted by molar-refractivity contribution is -0.114. The molecule has 0 amide bonds. The van der Waals surface area contributed by atoms with E-state index in [1.54, 1.807) is 7.05 Å². The van der Waals surface area contributed by atoms with Gasteiger partial charge in [0.1, 0.15) is 11.9 Å². The summed E-state index contributed by atoms with van der Waals surface area (Å²) in [6.45, 7) is 2.69. The van der Waals surface area contributed by atoms with Crippen LogP contribution >= 0.6 is 0 Å². The van der Waals surface area contributed by atoms with Gasteiger partial charge in [-0.05, 0) is 26.2 Å². The van der Waals surface area contributed by atoms with Gasteiger partial charge in [0.2, 0.25) is 0 Å². The van der Waals surface area contributed by atoms with Gasteiger partial charge in [-0.2, -0.15) is 5.26 Å². The van der Waals surface area contributed by atoms with Crippen LogP contribution in [0.15, 0.2) is 9.59 Å². The maximum absolute atomic E-state index is 12.2. The number of hydrogen-bond donors (Lipinski definition) is 1. The average molecular weight is 332 g/mol. The molecule has 2 aliphatic rings. The zero-order valence-corrected chi connectivity index (χ0v) is 14.5. The van der Waals surface area contributed by atoms with Crippen LogP contribution < -0.4 is 16.6 Å². The van der Waals surface area contributed by atoms with Crippen LogP contribution in [0.4, 0.5) is 5.82 Å². The van der Waals surface area contributed by atoms with Gasteiger partial charge >= 0.3 is 5.69 Å².